The maximum Gasteiger partial charge on any atom is 0.306 e. The summed E-state index contributed by atoms with van der Waals surface area (Å²) in [5, 5.41) is 8.60. The second kappa shape index (κ2) is 13.5. The van der Waals surface area contributed by atoms with E-state index in [1.807, 2.05) is 0 Å². The third kappa shape index (κ3) is 8.91. The molecule has 7 heteroatoms. The molecule has 29 heavy (non-hydrogen) atoms. The first-order valence-corrected chi connectivity index (χ1v) is 9.36. The molecular weight excluding hydrogens is 382 g/mol. The average molecular weight is 410 g/mol. The Morgan fingerprint density at radius 3 is 1.90 bits per heavy atom. The molecule has 0 aliphatic rings. The summed E-state index contributed by atoms with van der Waals surface area (Å²) in [5.74, 6) is -0.541. The number of halogens is 2. The molecule has 0 heterocycles. The molecule has 2 rings (SSSR count). The number of aryl methyl sites for hydroxylation is 2. The number of aliphatic hydroxyl groups excluding tert-OH is 1. The van der Waals surface area contributed by atoms with E-state index in [9.17, 15) is 13.6 Å². The molecule has 0 fully saturated rings. The SMILES string of the molecule is CCOC(=O)CCc1ccc(F)c(OC)c1.COc1cc(CCCO)ccc1F. The van der Waals surface area contributed by atoms with Gasteiger partial charge in [-0.25, -0.2) is 8.78 Å². The van der Waals surface area contributed by atoms with Gasteiger partial charge in [0.15, 0.2) is 23.1 Å². The summed E-state index contributed by atoms with van der Waals surface area (Å²) in [7, 11) is 2.85. The predicted octanol–water partition coefficient (Wildman–Crippen LogP) is 4.09. The minimum absolute atomic E-state index is 0.152. The summed E-state index contributed by atoms with van der Waals surface area (Å²) in [6, 6.07) is 9.30. The molecule has 0 saturated heterocycles. The van der Waals surface area contributed by atoms with Crippen molar-refractivity contribution in [2.45, 2.75) is 32.6 Å². The number of ether oxygens (including phenoxy) is 3. The van der Waals surface area contributed by atoms with Crippen LogP contribution in [0.4, 0.5) is 8.78 Å². The number of esters is 1. The Balaban J connectivity index is 0.000000296. The van der Waals surface area contributed by atoms with Gasteiger partial charge < -0.3 is 19.3 Å². The standard InChI is InChI=1S/C12H15FO3.C10H13FO2/c1-3-16-12(14)7-5-9-4-6-10(13)11(8-9)15-2;1-13-10-7-8(3-2-6-12)4-5-9(10)11/h4,6,8H,3,5,7H2,1-2H3;4-5,7,12H,2-3,6H2,1H3. The molecule has 1 N–H and O–H groups in total. The number of benzene rings is 2. The van der Waals surface area contributed by atoms with Crippen LogP contribution >= 0.6 is 0 Å². The monoisotopic (exact) mass is 410 g/mol. The zero-order valence-electron chi connectivity index (χ0n) is 17.0. The van der Waals surface area contributed by atoms with Crippen molar-refractivity contribution in [2.24, 2.45) is 0 Å². The first-order chi connectivity index (χ1) is 13.9. The number of rotatable bonds is 9. The Kier molecular flexibility index (Phi) is 11.3. The van der Waals surface area contributed by atoms with Gasteiger partial charge in [-0.05, 0) is 61.6 Å². The summed E-state index contributed by atoms with van der Waals surface area (Å²) in [5.41, 5.74) is 1.83. The fourth-order valence-corrected chi connectivity index (χ4v) is 2.48. The molecule has 0 spiro atoms. The molecule has 0 atom stereocenters. The van der Waals surface area contributed by atoms with Crippen molar-refractivity contribution >= 4 is 5.97 Å². The van der Waals surface area contributed by atoms with E-state index < -0.39 is 5.82 Å². The van der Waals surface area contributed by atoms with E-state index in [0.29, 0.717) is 25.9 Å². The molecule has 0 bridgehead atoms. The van der Waals surface area contributed by atoms with Crippen molar-refractivity contribution in [3.63, 3.8) is 0 Å². The molecule has 0 amide bonds. The highest BCUT2D eigenvalue weighted by Gasteiger charge is 2.06. The summed E-state index contributed by atoms with van der Waals surface area (Å²) < 4.78 is 40.5. The summed E-state index contributed by atoms with van der Waals surface area (Å²) in [6.07, 6.45) is 2.25. The van der Waals surface area contributed by atoms with Gasteiger partial charge in [0, 0.05) is 13.0 Å². The second-order valence-corrected chi connectivity index (χ2v) is 6.07. The van der Waals surface area contributed by atoms with E-state index in [1.165, 1.54) is 26.4 Å². The topological polar surface area (TPSA) is 65.0 Å². The number of aliphatic hydroxyl groups is 1. The Morgan fingerprint density at radius 2 is 1.45 bits per heavy atom. The van der Waals surface area contributed by atoms with E-state index in [2.05, 4.69) is 0 Å². The van der Waals surface area contributed by atoms with Crippen molar-refractivity contribution in [3.05, 3.63) is 59.2 Å². The average Bonchev–Trinajstić information content (AvgIpc) is 2.73. The first kappa shape index (κ1) is 24.4. The molecule has 0 aliphatic heterocycles. The van der Waals surface area contributed by atoms with Gasteiger partial charge in [-0.2, -0.15) is 0 Å². The highest BCUT2D eigenvalue weighted by Crippen LogP contribution is 2.20. The van der Waals surface area contributed by atoms with Crippen molar-refractivity contribution in [3.8, 4) is 11.5 Å². The van der Waals surface area contributed by atoms with Gasteiger partial charge in [-0.1, -0.05) is 12.1 Å². The van der Waals surface area contributed by atoms with Crippen molar-refractivity contribution < 1.29 is 32.9 Å². The molecule has 0 saturated carbocycles. The van der Waals surface area contributed by atoms with Crippen LogP contribution in [0.1, 0.15) is 30.9 Å². The molecule has 160 valence electrons. The summed E-state index contributed by atoms with van der Waals surface area (Å²) in [6.45, 7) is 2.30. The lowest BCUT2D eigenvalue weighted by molar-refractivity contribution is -0.143. The van der Waals surface area contributed by atoms with Crippen molar-refractivity contribution in [2.75, 3.05) is 27.4 Å². The van der Waals surface area contributed by atoms with Crippen LogP contribution in [0, 0.1) is 11.6 Å². The molecule has 0 aromatic heterocycles. The zero-order valence-corrected chi connectivity index (χ0v) is 17.0. The minimum Gasteiger partial charge on any atom is -0.494 e. The van der Waals surface area contributed by atoms with Crippen LogP contribution in [0.2, 0.25) is 0 Å². The normalized spacial score (nSPS) is 10.0. The Hall–Kier alpha value is -2.67. The fraction of sp³-hybridized carbons (Fsp3) is 0.409. The first-order valence-electron chi connectivity index (χ1n) is 9.36. The lowest BCUT2D eigenvalue weighted by Gasteiger charge is -2.05. The van der Waals surface area contributed by atoms with Crippen LogP contribution in [0.3, 0.4) is 0 Å². The summed E-state index contributed by atoms with van der Waals surface area (Å²) >= 11 is 0. The van der Waals surface area contributed by atoms with Crippen LogP contribution in [0.25, 0.3) is 0 Å². The largest absolute Gasteiger partial charge is 0.494 e. The smallest absolute Gasteiger partial charge is 0.306 e. The lowest BCUT2D eigenvalue weighted by Crippen LogP contribution is -2.05. The van der Waals surface area contributed by atoms with Crippen LogP contribution in [0.5, 0.6) is 11.5 Å². The fourth-order valence-electron chi connectivity index (χ4n) is 2.48. The molecule has 0 radical (unpaired) electrons. The van der Waals surface area contributed by atoms with E-state index in [1.54, 1.807) is 31.2 Å². The number of hydrogen-bond donors (Lipinski definition) is 1. The van der Waals surface area contributed by atoms with Gasteiger partial charge in [0.2, 0.25) is 0 Å². The number of carbonyl (C=O) groups excluding carboxylic acids is 1. The highest BCUT2D eigenvalue weighted by molar-refractivity contribution is 5.69. The van der Waals surface area contributed by atoms with E-state index in [-0.39, 0.29) is 29.9 Å². The molecule has 0 unspecified atom stereocenters. The van der Waals surface area contributed by atoms with Gasteiger partial charge in [0.1, 0.15) is 0 Å². The Labute approximate surface area is 170 Å². The second-order valence-electron chi connectivity index (χ2n) is 6.07. The van der Waals surface area contributed by atoms with Crippen LogP contribution in [0.15, 0.2) is 36.4 Å². The molecule has 2 aromatic rings. The van der Waals surface area contributed by atoms with E-state index in [0.717, 1.165) is 17.5 Å². The predicted molar refractivity (Wildman–Crippen MR) is 106 cm³/mol. The molecule has 2 aromatic carbocycles. The quantitative estimate of drug-likeness (QED) is 0.631. The number of carbonyl (C=O) groups is 1. The van der Waals surface area contributed by atoms with Crippen molar-refractivity contribution in [1.29, 1.82) is 0 Å². The molecule has 5 nitrogen and oxygen atoms in total. The third-order valence-electron chi connectivity index (χ3n) is 3.98. The van der Waals surface area contributed by atoms with Crippen LogP contribution < -0.4 is 9.47 Å². The number of methoxy groups -OCH3 is 2. The maximum atomic E-state index is 13.1. The van der Waals surface area contributed by atoms with Gasteiger partial charge in [-0.3, -0.25) is 4.79 Å². The van der Waals surface area contributed by atoms with Gasteiger partial charge in [-0.15, -0.1) is 0 Å². The third-order valence-corrected chi connectivity index (χ3v) is 3.98. The van der Waals surface area contributed by atoms with Gasteiger partial charge >= 0.3 is 5.97 Å². The van der Waals surface area contributed by atoms with Crippen molar-refractivity contribution in [1.82, 2.24) is 0 Å². The Morgan fingerprint density at radius 1 is 0.931 bits per heavy atom. The Bertz CT molecular complexity index is 765. The highest BCUT2D eigenvalue weighted by atomic mass is 19.1. The number of hydrogen-bond acceptors (Lipinski definition) is 5. The van der Waals surface area contributed by atoms with Gasteiger partial charge in [0.05, 0.1) is 20.8 Å². The van der Waals surface area contributed by atoms with Crippen LogP contribution in [-0.4, -0.2) is 38.5 Å². The lowest BCUT2D eigenvalue weighted by atomic mass is 10.1. The van der Waals surface area contributed by atoms with Crippen LogP contribution in [-0.2, 0) is 22.4 Å². The minimum atomic E-state index is -0.401. The van der Waals surface area contributed by atoms with E-state index >= 15 is 0 Å². The molecular formula is C22H28F2O5. The van der Waals surface area contributed by atoms with E-state index in [4.69, 9.17) is 19.3 Å². The maximum absolute atomic E-state index is 13.1. The van der Waals surface area contributed by atoms with Gasteiger partial charge in [0.25, 0.3) is 0 Å². The molecule has 0 aliphatic carbocycles. The summed E-state index contributed by atoms with van der Waals surface area (Å²) in [4.78, 5) is 11.1. The zero-order chi connectivity index (χ0) is 21.6.